The van der Waals surface area contributed by atoms with Gasteiger partial charge in [0.1, 0.15) is 5.75 Å². The average molecular weight is 282 g/mol. The predicted octanol–water partition coefficient (Wildman–Crippen LogP) is 2.10. The van der Waals surface area contributed by atoms with Crippen LogP contribution in [0.25, 0.3) is 0 Å². The van der Waals surface area contributed by atoms with Gasteiger partial charge in [0.2, 0.25) is 0 Å². The van der Waals surface area contributed by atoms with Crippen molar-refractivity contribution < 1.29 is 25.2 Å². The van der Waals surface area contributed by atoms with Gasteiger partial charge >= 0.3 is 5.97 Å². The number of aliphatic hydroxyl groups excluding tert-OH is 1. The van der Waals surface area contributed by atoms with Crippen molar-refractivity contribution in [2.45, 2.75) is 38.7 Å². The van der Waals surface area contributed by atoms with Crippen molar-refractivity contribution in [1.82, 2.24) is 0 Å². The predicted molar refractivity (Wildman–Crippen MR) is 74.7 cm³/mol. The minimum absolute atomic E-state index is 0.0176. The van der Waals surface area contributed by atoms with Crippen molar-refractivity contribution in [3.05, 3.63) is 29.3 Å². The number of rotatable bonds is 7. The topological polar surface area (TPSA) is 98.0 Å². The molecule has 0 heterocycles. The normalized spacial score (nSPS) is 15.6. The number of carboxylic acids is 1. The second kappa shape index (κ2) is 6.72. The Kier molecular flexibility index (Phi) is 5.53. The molecule has 0 radical (unpaired) electrons. The minimum atomic E-state index is -1.23. The van der Waals surface area contributed by atoms with Crippen molar-refractivity contribution >= 4 is 5.97 Å². The van der Waals surface area contributed by atoms with Gasteiger partial charge in [-0.3, -0.25) is 0 Å². The van der Waals surface area contributed by atoms with Crippen molar-refractivity contribution in [2.75, 3.05) is 6.61 Å². The molecule has 1 aromatic carbocycles. The molecule has 20 heavy (non-hydrogen) atoms. The van der Waals surface area contributed by atoms with Gasteiger partial charge < -0.3 is 20.4 Å². The number of carboxylic acid groups (broad SMARTS) is 1. The fraction of sp³-hybridized carbons (Fsp3) is 0.533. The molecular formula is C15H22O5. The summed E-state index contributed by atoms with van der Waals surface area (Å²) in [5.41, 5.74) is -0.925. The lowest BCUT2D eigenvalue weighted by molar-refractivity contribution is 0.0405. The number of aromatic carboxylic acids is 1. The zero-order valence-electron chi connectivity index (χ0n) is 11.8. The van der Waals surface area contributed by atoms with Gasteiger partial charge in [-0.1, -0.05) is 13.0 Å². The van der Waals surface area contributed by atoms with Gasteiger partial charge in [0.05, 0.1) is 11.2 Å². The first-order chi connectivity index (χ1) is 9.27. The third kappa shape index (κ3) is 4.21. The molecular weight excluding hydrogens is 260 g/mol. The minimum Gasteiger partial charge on any atom is -0.508 e. The number of aliphatic hydroxyl groups is 2. The molecule has 5 nitrogen and oxygen atoms in total. The first-order valence-corrected chi connectivity index (χ1v) is 6.68. The zero-order chi connectivity index (χ0) is 15.3. The highest BCUT2D eigenvalue weighted by molar-refractivity contribution is 5.88. The summed E-state index contributed by atoms with van der Waals surface area (Å²) in [6, 6.07) is 3.94. The van der Waals surface area contributed by atoms with E-state index in [4.69, 9.17) is 10.2 Å². The molecule has 0 spiro atoms. The molecule has 0 aliphatic carbocycles. The van der Waals surface area contributed by atoms with E-state index >= 15 is 0 Å². The van der Waals surface area contributed by atoms with E-state index in [0.717, 1.165) is 12.5 Å². The van der Waals surface area contributed by atoms with Crippen LogP contribution in [0.5, 0.6) is 5.75 Å². The van der Waals surface area contributed by atoms with Crippen LogP contribution in [-0.2, 0) is 5.60 Å². The molecule has 0 aromatic heterocycles. The molecule has 1 unspecified atom stereocenters. The van der Waals surface area contributed by atoms with E-state index in [1.165, 1.54) is 12.1 Å². The van der Waals surface area contributed by atoms with Crippen LogP contribution in [0.1, 0.15) is 49.0 Å². The van der Waals surface area contributed by atoms with E-state index in [-0.39, 0.29) is 23.8 Å². The lowest BCUT2D eigenvalue weighted by Gasteiger charge is -2.25. The Labute approximate surface area is 118 Å². The Bertz CT molecular complexity index is 467. The Morgan fingerprint density at radius 3 is 2.55 bits per heavy atom. The van der Waals surface area contributed by atoms with Gasteiger partial charge in [-0.15, -0.1) is 0 Å². The van der Waals surface area contributed by atoms with E-state index < -0.39 is 11.6 Å². The van der Waals surface area contributed by atoms with Crippen LogP contribution >= 0.6 is 0 Å². The monoisotopic (exact) mass is 282 g/mol. The third-order valence-electron chi connectivity index (χ3n) is 3.50. The van der Waals surface area contributed by atoms with Crippen molar-refractivity contribution in [2.24, 2.45) is 5.92 Å². The molecule has 0 aliphatic heterocycles. The smallest absolute Gasteiger partial charge is 0.335 e. The quantitative estimate of drug-likeness (QED) is 0.614. The highest BCUT2D eigenvalue weighted by atomic mass is 16.4. The second-order valence-electron chi connectivity index (χ2n) is 5.49. The molecule has 1 rings (SSSR count). The number of phenols is 1. The van der Waals surface area contributed by atoms with Crippen LogP contribution in [0.4, 0.5) is 0 Å². The molecule has 112 valence electrons. The largest absolute Gasteiger partial charge is 0.508 e. The molecule has 1 aromatic rings. The van der Waals surface area contributed by atoms with Crippen LogP contribution in [0.3, 0.4) is 0 Å². The summed E-state index contributed by atoms with van der Waals surface area (Å²) in [4.78, 5) is 10.8. The summed E-state index contributed by atoms with van der Waals surface area (Å²) < 4.78 is 0. The molecule has 0 bridgehead atoms. The van der Waals surface area contributed by atoms with Gasteiger partial charge in [0.15, 0.2) is 0 Å². The lowest BCUT2D eigenvalue weighted by atomic mass is 9.88. The van der Waals surface area contributed by atoms with Gasteiger partial charge in [-0.2, -0.15) is 0 Å². The van der Waals surface area contributed by atoms with E-state index in [9.17, 15) is 15.0 Å². The summed E-state index contributed by atoms with van der Waals surface area (Å²) >= 11 is 0. The van der Waals surface area contributed by atoms with Crippen LogP contribution in [0.2, 0.25) is 0 Å². The average Bonchev–Trinajstić information content (AvgIpc) is 2.37. The van der Waals surface area contributed by atoms with Crippen molar-refractivity contribution in [3.63, 3.8) is 0 Å². The maximum Gasteiger partial charge on any atom is 0.335 e. The van der Waals surface area contributed by atoms with Crippen molar-refractivity contribution in [1.29, 1.82) is 0 Å². The Hall–Kier alpha value is -1.59. The summed E-state index contributed by atoms with van der Waals surface area (Å²) in [6.45, 7) is 3.63. The number of phenolic OH excluding ortho intramolecular Hbond substituents is 1. The maximum atomic E-state index is 10.8. The Balaban J connectivity index is 2.79. The molecule has 0 saturated carbocycles. The first kappa shape index (κ1) is 16.5. The number of carbonyl (C=O) groups is 1. The van der Waals surface area contributed by atoms with Crippen LogP contribution in [0, 0.1) is 5.92 Å². The Morgan fingerprint density at radius 1 is 1.40 bits per heavy atom. The summed E-state index contributed by atoms with van der Waals surface area (Å²) in [5.74, 6) is -1.16. The van der Waals surface area contributed by atoms with Gasteiger partial charge in [0, 0.05) is 12.2 Å². The Morgan fingerprint density at radius 2 is 2.05 bits per heavy atom. The molecule has 5 heteroatoms. The maximum absolute atomic E-state index is 10.8. The highest BCUT2D eigenvalue weighted by Crippen LogP contribution is 2.34. The summed E-state index contributed by atoms with van der Waals surface area (Å²) in [6.07, 6.45) is 1.91. The van der Waals surface area contributed by atoms with E-state index in [2.05, 4.69) is 0 Å². The molecule has 0 aliphatic rings. The van der Waals surface area contributed by atoms with Gasteiger partial charge in [-0.05, 0) is 44.2 Å². The second-order valence-corrected chi connectivity index (χ2v) is 5.49. The molecule has 2 atom stereocenters. The number of aromatic hydroxyl groups is 1. The highest BCUT2D eigenvalue weighted by Gasteiger charge is 2.26. The third-order valence-corrected chi connectivity index (χ3v) is 3.50. The van der Waals surface area contributed by atoms with Crippen molar-refractivity contribution in [3.8, 4) is 5.75 Å². The van der Waals surface area contributed by atoms with E-state index in [0.29, 0.717) is 18.4 Å². The number of hydrogen-bond donors (Lipinski definition) is 4. The van der Waals surface area contributed by atoms with E-state index in [1.54, 1.807) is 6.92 Å². The zero-order valence-corrected chi connectivity index (χ0v) is 11.8. The molecule has 0 fully saturated rings. The standard InChI is InChI=1S/C15H22O5/c1-10(9-16)4-3-7-15(2,20)12-6-5-11(14(18)19)8-13(12)17/h5-6,8,10,16-17,20H,3-4,7,9H2,1-2H3,(H,18,19)/t10?,15-/m1/s1. The van der Waals surface area contributed by atoms with Crippen LogP contribution < -0.4 is 0 Å². The lowest BCUT2D eigenvalue weighted by Crippen LogP contribution is -2.22. The molecule has 0 saturated heterocycles. The first-order valence-electron chi connectivity index (χ1n) is 6.68. The number of benzene rings is 1. The molecule has 4 N–H and O–H groups in total. The SMILES string of the molecule is CC(CO)CCC[C@@](C)(O)c1ccc(C(=O)O)cc1O. The van der Waals surface area contributed by atoms with Gasteiger partial charge in [0.25, 0.3) is 0 Å². The van der Waals surface area contributed by atoms with Crippen LogP contribution in [0.15, 0.2) is 18.2 Å². The summed E-state index contributed by atoms with van der Waals surface area (Å²) in [7, 11) is 0. The van der Waals surface area contributed by atoms with Crippen LogP contribution in [-0.4, -0.2) is 33.0 Å². The van der Waals surface area contributed by atoms with E-state index in [1.807, 2.05) is 6.92 Å². The number of hydrogen-bond acceptors (Lipinski definition) is 4. The fourth-order valence-corrected chi connectivity index (χ4v) is 2.14. The summed E-state index contributed by atoms with van der Waals surface area (Å²) in [5, 5.41) is 38.1. The van der Waals surface area contributed by atoms with Gasteiger partial charge in [-0.25, -0.2) is 4.79 Å². The fourth-order valence-electron chi connectivity index (χ4n) is 2.14. The molecule has 0 amide bonds.